The van der Waals surface area contributed by atoms with Crippen LogP contribution in [-0.2, 0) is 6.54 Å². The molecule has 0 N–H and O–H groups in total. The van der Waals surface area contributed by atoms with Gasteiger partial charge in [-0.2, -0.15) is 0 Å². The molecule has 9 heteroatoms. The van der Waals surface area contributed by atoms with Crippen molar-refractivity contribution >= 4 is 17.2 Å². The number of aromatic nitrogens is 5. The summed E-state index contributed by atoms with van der Waals surface area (Å²) in [5, 5.41) is 8.28. The molecule has 0 radical (unpaired) electrons. The molecule has 0 aliphatic carbocycles. The predicted octanol–water partition coefficient (Wildman–Crippen LogP) is 3.28. The van der Waals surface area contributed by atoms with Gasteiger partial charge in [-0.1, -0.05) is 0 Å². The topological polar surface area (TPSA) is 80.8 Å². The number of carbonyl (C=O) groups excluding carboxylic acids is 1. The highest BCUT2D eigenvalue weighted by Gasteiger charge is 2.26. The van der Waals surface area contributed by atoms with E-state index in [9.17, 15) is 4.79 Å². The normalized spacial score (nSPS) is 14.1. The fraction of sp³-hybridized carbons (Fsp3) is 0.238. The van der Waals surface area contributed by atoms with Crippen LogP contribution in [0.15, 0.2) is 55.2 Å². The first-order chi connectivity index (χ1) is 14.6. The molecule has 1 aromatic carbocycles. The van der Waals surface area contributed by atoms with Gasteiger partial charge in [0.05, 0.1) is 11.7 Å². The van der Waals surface area contributed by atoms with Crippen molar-refractivity contribution in [2.45, 2.75) is 13.5 Å². The summed E-state index contributed by atoms with van der Waals surface area (Å²) in [5.74, 6) is 2.07. The first-order valence-corrected chi connectivity index (χ1v) is 9.79. The van der Waals surface area contributed by atoms with Crippen LogP contribution in [0.2, 0.25) is 0 Å². The largest absolute Gasteiger partial charge is 0.440 e. The number of hydrogen-bond donors (Lipinski definition) is 0. The molecular weight excluding hydrogens is 382 g/mol. The van der Waals surface area contributed by atoms with E-state index in [1.807, 2.05) is 59.3 Å². The maximum atomic E-state index is 12.2. The van der Waals surface area contributed by atoms with Gasteiger partial charge < -0.3 is 14.2 Å². The van der Waals surface area contributed by atoms with E-state index in [-0.39, 0.29) is 6.03 Å². The number of ether oxygens (including phenoxy) is 1. The number of amides is 2. The molecule has 0 unspecified atom stereocenters. The Balaban J connectivity index is 1.46. The number of imidazole rings is 1. The second-order valence-electron chi connectivity index (χ2n) is 7.16. The third kappa shape index (κ3) is 3.04. The Kier molecular flexibility index (Phi) is 4.35. The summed E-state index contributed by atoms with van der Waals surface area (Å²) in [5.41, 5.74) is 2.66. The number of rotatable bonds is 5. The average Bonchev–Trinajstić information content (AvgIpc) is 3.49. The molecule has 4 heterocycles. The lowest BCUT2D eigenvalue weighted by Crippen LogP contribution is -2.29. The van der Waals surface area contributed by atoms with Gasteiger partial charge in [0.1, 0.15) is 18.4 Å². The molecule has 30 heavy (non-hydrogen) atoms. The van der Waals surface area contributed by atoms with Crippen LogP contribution < -0.4 is 9.64 Å². The van der Waals surface area contributed by atoms with Gasteiger partial charge in [-0.3, -0.25) is 9.30 Å². The van der Waals surface area contributed by atoms with Crippen LogP contribution in [0.3, 0.4) is 0 Å². The van der Waals surface area contributed by atoms with E-state index < -0.39 is 0 Å². The number of carbonyl (C=O) groups is 1. The van der Waals surface area contributed by atoms with Gasteiger partial charge in [-0.25, -0.2) is 9.78 Å². The average molecular weight is 403 g/mol. The number of likely N-dealkylation sites (N-methyl/N-ethyl adjacent to an activating group) is 1. The molecule has 1 saturated heterocycles. The van der Waals surface area contributed by atoms with Gasteiger partial charge >= 0.3 is 6.03 Å². The highest BCUT2D eigenvalue weighted by Crippen LogP contribution is 2.30. The molecule has 152 valence electrons. The van der Waals surface area contributed by atoms with Gasteiger partial charge in [0.2, 0.25) is 5.88 Å². The third-order valence-electron chi connectivity index (χ3n) is 5.29. The number of anilines is 1. The fourth-order valence-electron chi connectivity index (χ4n) is 3.62. The Labute approximate surface area is 173 Å². The minimum atomic E-state index is 0.0107. The molecule has 0 saturated carbocycles. The fourth-order valence-corrected chi connectivity index (χ4v) is 3.62. The number of nitrogens with zero attached hydrogens (tertiary/aromatic N) is 7. The molecule has 3 aromatic heterocycles. The van der Waals surface area contributed by atoms with Gasteiger partial charge in [0.15, 0.2) is 5.82 Å². The minimum Gasteiger partial charge on any atom is -0.440 e. The summed E-state index contributed by atoms with van der Waals surface area (Å²) in [7, 11) is 1.81. The number of benzene rings is 1. The van der Waals surface area contributed by atoms with Crippen LogP contribution in [0, 0.1) is 0 Å². The molecule has 4 aromatic rings. The van der Waals surface area contributed by atoms with E-state index in [1.54, 1.807) is 28.7 Å². The van der Waals surface area contributed by atoms with Crippen LogP contribution in [0.4, 0.5) is 10.5 Å². The van der Waals surface area contributed by atoms with Crippen LogP contribution in [0.25, 0.3) is 16.9 Å². The van der Waals surface area contributed by atoms with Gasteiger partial charge in [0.25, 0.3) is 0 Å². The molecule has 1 fully saturated rings. The van der Waals surface area contributed by atoms with E-state index in [0.717, 1.165) is 35.7 Å². The van der Waals surface area contributed by atoms with Crippen LogP contribution in [0.5, 0.6) is 11.6 Å². The van der Waals surface area contributed by atoms with Crippen molar-refractivity contribution in [3.8, 4) is 23.0 Å². The highest BCUT2D eigenvalue weighted by atomic mass is 16.5. The predicted molar refractivity (Wildman–Crippen MR) is 112 cm³/mol. The zero-order valence-electron chi connectivity index (χ0n) is 16.8. The number of aryl methyl sites for hydroxylation is 1. The van der Waals surface area contributed by atoms with Gasteiger partial charge in [0, 0.05) is 44.0 Å². The second kappa shape index (κ2) is 7.18. The summed E-state index contributed by atoms with van der Waals surface area (Å²) < 4.78 is 10.0. The van der Waals surface area contributed by atoms with E-state index in [1.165, 1.54) is 0 Å². The molecule has 1 aliphatic rings. The molecular formula is C21H21N7O2. The standard InChI is InChI=1S/C21H21N7O2/c1-3-26-14-23-24-20(26)15-10-17-12-22-13-28(17)19(11-15)30-18-6-4-16(5-7-18)27-9-8-25(2)21(27)29/h4-7,10-14H,3,8-9H2,1-2H3. The zero-order chi connectivity index (χ0) is 20.7. The zero-order valence-corrected chi connectivity index (χ0v) is 16.8. The quantitative estimate of drug-likeness (QED) is 0.511. The lowest BCUT2D eigenvalue weighted by molar-refractivity contribution is 0.229. The van der Waals surface area contributed by atoms with Crippen molar-refractivity contribution in [3.05, 3.63) is 55.2 Å². The van der Waals surface area contributed by atoms with Crippen molar-refractivity contribution < 1.29 is 9.53 Å². The van der Waals surface area contributed by atoms with Crippen molar-refractivity contribution in [3.63, 3.8) is 0 Å². The first-order valence-electron chi connectivity index (χ1n) is 9.79. The van der Waals surface area contributed by atoms with Crippen molar-refractivity contribution in [2.75, 3.05) is 25.0 Å². The maximum absolute atomic E-state index is 12.2. The SMILES string of the molecule is CCn1cnnc1-c1cc(Oc2ccc(N3CCN(C)C3=O)cc2)n2cncc2c1. The Bertz CT molecular complexity index is 1210. The van der Waals surface area contributed by atoms with Crippen molar-refractivity contribution in [1.82, 2.24) is 29.0 Å². The van der Waals surface area contributed by atoms with E-state index >= 15 is 0 Å². The highest BCUT2D eigenvalue weighted by molar-refractivity contribution is 5.93. The van der Waals surface area contributed by atoms with Gasteiger partial charge in [-0.05, 0) is 37.3 Å². The monoisotopic (exact) mass is 403 g/mol. The minimum absolute atomic E-state index is 0.0107. The summed E-state index contributed by atoms with van der Waals surface area (Å²) in [4.78, 5) is 19.9. The number of pyridine rings is 1. The number of urea groups is 1. The van der Waals surface area contributed by atoms with Crippen molar-refractivity contribution in [2.24, 2.45) is 0 Å². The Morgan fingerprint density at radius 3 is 2.67 bits per heavy atom. The summed E-state index contributed by atoms with van der Waals surface area (Å²) in [6.45, 7) is 4.23. The smallest absolute Gasteiger partial charge is 0.324 e. The molecule has 9 nitrogen and oxygen atoms in total. The summed E-state index contributed by atoms with van der Waals surface area (Å²) in [6.07, 6.45) is 5.21. The second-order valence-corrected chi connectivity index (χ2v) is 7.16. The maximum Gasteiger partial charge on any atom is 0.324 e. The Morgan fingerprint density at radius 1 is 1.10 bits per heavy atom. The molecule has 0 spiro atoms. The van der Waals surface area contributed by atoms with Gasteiger partial charge in [-0.15, -0.1) is 10.2 Å². The number of hydrogen-bond acceptors (Lipinski definition) is 5. The van der Waals surface area contributed by atoms with Crippen molar-refractivity contribution in [1.29, 1.82) is 0 Å². The van der Waals surface area contributed by atoms with E-state index in [2.05, 4.69) is 15.2 Å². The number of fused-ring (bicyclic) bond motifs is 1. The molecule has 0 bridgehead atoms. The van der Waals surface area contributed by atoms with Crippen LogP contribution >= 0.6 is 0 Å². The molecule has 0 atom stereocenters. The molecule has 2 amide bonds. The molecule has 1 aliphatic heterocycles. The Hall–Kier alpha value is -3.88. The first kappa shape index (κ1) is 18.2. The lowest BCUT2D eigenvalue weighted by Gasteiger charge is -2.16. The lowest BCUT2D eigenvalue weighted by atomic mass is 10.2. The molecule has 5 rings (SSSR count). The van der Waals surface area contributed by atoms with E-state index in [4.69, 9.17) is 4.74 Å². The summed E-state index contributed by atoms with van der Waals surface area (Å²) in [6, 6.07) is 11.5. The van der Waals surface area contributed by atoms with Crippen LogP contribution in [0.1, 0.15) is 6.92 Å². The third-order valence-corrected chi connectivity index (χ3v) is 5.29. The summed E-state index contributed by atoms with van der Waals surface area (Å²) >= 11 is 0. The van der Waals surface area contributed by atoms with Crippen LogP contribution in [-0.4, -0.2) is 55.2 Å². The van der Waals surface area contributed by atoms with E-state index in [0.29, 0.717) is 18.2 Å². The Morgan fingerprint density at radius 2 is 1.93 bits per heavy atom.